The van der Waals surface area contributed by atoms with Crippen molar-refractivity contribution in [3.8, 4) is 0 Å². The minimum absolute atomic E-state index is 0.495. The first-order valence-electron chi connectivity index (χ1n) is 8.46. The Balaban J connectivity index is 2.53. The fourth-order valence-electron chi connectivity index (χ4n) is 3.70. The predicted octanol–water partition coefficient (Wildman–Crippen LogP) is 5.28. The number of hydrogen-bond acceptors (Lipinski definition) is 1. The van der Waals surface area contributed by atoms with Crippen molar-refractivity contribution in [3.63, 3.8) is 0 Å². The summed E-state index contributed by atoms with van der Waals surface area (Å²) in [6.07, 6.45) is 16.9. The van der Waals surface area contributed by atoms with Gasteiger partial charge in [0.2, 0.25) is 0 Å². The summed E-state index contributed by atoms with van der Waals surface area (Å²) in [6.45, 7) is 5.60. The number of nitrogens with two attached hydrogens (primary N) is 1. The number of hydrogen-bond donors (Lipinski definition) is 1. The second-order valence-electron chi connectivity index (χ2n) is 6.59. The molecule has 1 saturated carbocycles. The lowest BCUT2D eigenvalue weighted by molar-refractivity contribution is 0.158. The van der Waals surface area contributed by atoms with Gasteiger partial charge in [0.05, 0.1) is 0 Å². The van der Waals surface area contributed by atoms with Gasteiger partial charge in [0, 0.05) is 0 Å². The second kappa shape index (κ2) is 8.96. The summed E-state index contributed by atoms with van der Waals surface area (Å²) in [6, 6.07) is 0. The molecule has 0 heterocycles. The molecule has 1 unspecified atom stereocenters. The van der Waals surface area contributed by atoms with Crippen molar-refractivity contribution < 1.29 is 0 Å². The van der Waals surface area contributed by atoms with Gasteiger partial charge in [-0.05, 0) is 37.1 Å². The first-order valence-corrected chi connectivity index (χ1v) is 8.46. The highest BCUT2D eigenvalue weighted by atomic mass is 14.6. The van der Waals surface area contributed by atoms with Gasteiger partial charge >= 0.3 is 0 Å². The van der Waals surface area contributed by atoms with E-state index in [2.05, 4.69) is 13.8 Å². The van der Waals surface area contributed by atoms with Gasteiger partial charge in [-0.2, -0.15) is 0 Å². The lowest BCUT2D eigenvalue weighted by Gasteiger charge is -2.37. The fourth-order valence-corrected chi connectivity index (χ4v) is 3.70. The Morgan fingerprint density at radius 2 is 1.61 bits per heavy atom. The van der Waals surface area contributed by atoms with E-state index in [1.165, 1.54) is 77.0 Å². The minimum atomic E-state index is 0.495. The zero-order chi connectivity index (χ0) is 13.3. The summed E-state index contributed by atoms with van der Waals surface area (Å²) < 4.78 is 0. The topological polar surface area (TPSA) is 26.0 Å². The van der Waals surface area contributed by atoms with Crippen molar-refractivity contribution in [1.29, 1.82) is 0 Å². The number of rotatable bonds is 7. The second-order valence-corrected chi connectivity index (χ2v) is 6.59. The summed E-state index contributed by atoms with van der Waals surface area (Å²) in [5, 5.41) is 0. The van der Waals surface area contributed by atoms with Crippen molar-refractivity contribution in [3.05, 3.63) is 0 Å². The molecule has 1 fully saturated rings. The van der Waals surface area contributed by atoms with E-state index in [0.29, 0.717) is 5.41 Å². The van der Waals surface area contributed by atoms with Gasteiger partial charge in [-0.1, -0.05) is 71.6 Å². The van der Waals surface area contributed by atoms with Crippen LogP contribution in [0, 0.1) is 11.3 Å². The summed E-state index contributed by atoms with van der Waals surface area (Å²) in [7, 11) is 0. The molecule has 0 aromatic rings. The van der Waals surface area contributed by atoms with Crippen molar-refractivity contribution in [2.75, 3.05) is 6.54 Å². The van der Waals surface area contributed by atoms with Crippen LogP contribution in [-0.4, -0.2) is 6.54 Å². The molecule has 1 nitrogen and oxygen atoms in total. The molecule has 1 aliphatic carbocycles. The Kier molecular flexibility index (Phi) is 7.97. The molecule has 0 aromatic carbocycles. The maximum atomic E-state index is 6.19. The molecule has 108 valence electrons. The van der Waals surface area contributed by atoms with E-state index in [-0.39, 0.29) is 0 Å². The van der Waals surface area contributed by atoms with Gasteiger partial charge in [0.15, 0.2) is 0 Å². The highest BCUT2D eigenvalue weighted by Crippen LogP contribution is 2.40. The molecule has 18 heavy (non-hydrogen) atoms. The van der Waals surface area contributed by atoms with Gasteiger partial charge in [0.1, 0.15) is 0 Å². The van der Waals surface area contributed by atoms with E-state index in [1.54, 1.807) is 0 Å². The predicted molar refractivity (Wildman–Crippen MR) is 81.7 cm³/mol. The summed E-state index contributed by atoms with van der Waals surface area (Å²) >= 11 is 0. The SMILES string of the molecule is CCCCC(CC)CC1(CN)CCCCCCC1. The van der Waals surface area contributed by atoms with Crippen LogP contribution in [0.25, 0.3) is 0 Å². The average Bonchev–Trinajstić information content (AvgIpc) is 2.37. The van der Waals surface area contributed by atoms with Crippen LogP contribution in [0.1, 0.15) is 90.9 Å². The molecule has 0 amide bonds. The Bertz CT molecular complexity index is 192. The van der Waals surface area contributed by atoms with E-state index in [9.17, 15) is 0 Å². The van der Waals surface area contributed by atoms with E-state index in [1.807, 2.05) is 0 Å². The smallest absolute Gasteiger partial charge is 0.00204 e. The molecule has 1 aliphatic rings. The summed E-state index contributed by atoms with van der Waals surface area (Å²) in [5.74, 6) is 0.924. The van der Waals surface area contributed by atoms with Gasteiger partial charge in [-0.25, -0.2) is 0 Å². The van der Waals surface area contributed by atoms with Crippen LogP contribution in [0.15, 0.2) is 0 Å². The van der Waals surface area contributed by atoms with Gasteiger partial charge in [-0.3, -0.25) is 0 Å². The van der Waals surface area contributed by atoms with Crippen LogP contribution in [0.5, 0.6) is 0 Å². The molecule has 0 bridgehead atoms. The average molecular weight is 253 g/mol. The third-order valence-electron chi connectivity index (χ3n) is 5.11. The molecule has 0 saturated heterocycles. The molecule has 2 N–H and O–H groups in total. The van der Waals surface area contributed by atoms with E-state index >= 15 is 0 Å². The molecule has 0 aliphatic heterocycles. The van der Waals surface area contributed by atoms with Crippen LogP contribution in [0.3, 0.4) is 0 Å². The molecule has 0 aromatic heterocycles. The molecule has 0 spiro atoms. The molecular formula is C17H35N. The van der Waals surface area contributed by atoms with Gasteiger partial charge < -0.3 is 5.73 Å². The normalized spacial score (nSPS) is 22.2. The van der Waals surface area contributed by atoms with E-state index < -0.39 is 0 Å². The molecule has 1 rings (SSSR count). The fraction of sp³-hybridized carbons (Fsp3) is 1.00. The summed E-state index contributed by atoms with van der Waals surface area (Å²) in [5.41, 5.74) is 6.69. The van der Waals surface area contributed by atoms with Crippen LogP contribution in [-0.2, 0) is 0 Å². The highest BCUT2D eigenvalue weighted by Gasteiger charge is 2.30. The lowest BCUT2D eigenvalue weighted by atomic mass is 9.69. The minimum Gasteiger partial charge on any atom is -0.330 e. The van der Waals surface area contributed by atoms with Crippen molar-refractivity contribution in [1.82, 2.24) is 0 Å². The van der Waals surface area contributed by atoms with Crippen LogP contribution in [0.2, 0.25) is 0 Å². The van der Waals surface area contributed by atoms with E-state index in [0.717, 1.165) is 12.5 Å². The Morgan fingerprint density at radius 1 is 1.00 bits per heavy atom. The highest BCUT2D eigenvalue weighted by molar-refractivity contribution is 4.84. The Hall–Kier alpha value is -0.0400. The largest absolute Gasteiger partial charge is 0.330 e. The molecule has 0 radical (unpaired) electrons. The quantitative estimate of drug-likeness (QED) is 0.656. The maximum absolute atomic E-state index is 6.19. The van der Waals surface area contributed by atoms with Crippen LogP contribution >= 0.6 is 0 Å². The first-order chi connectivity index (χ1) is 8.76. The van der Waals surface area contributed by atoms with Gasteiger partial charge in [-0.15, -0.1) is 0 Å². The van der Waals surface area contributed by atoms with Crippen molar-refractivity contribution >= 4 is 0 Å². The van der Waals surface area contributed by atoms with Crippen molar-refractivity contribution in [2.45, 2.75) is 90.9 Å². The molecular weight excluding hydrogens is 218 g/mol. The first kappa shape index (κ1) is 16.0. The van der Waals surface area contributed by atoms with Crippen LogP contribution in [0.4, 0.5) is 0 Å². The standard InChI is InChI=1S/C17H35N/c1-3-5-11-16(4-2)14-17(15-18)12-9-7-6-8-10-13-17/h16H,3-15,18H2,1-2H3. The Labute approximate surface area is 115 Å². The monoisotopic (exact) mass is 253 g/mol. The molecule has 1 atom stereocenters. The van der Waals surface area contributed by atoms with E-state index in [4.69, 9.17) is 5.73 Å². The van der Waals surface area contributed by atoms with Crippen molar-refractivity contribution in [2.24, 2.45) is 17.1 Å². The molecule has 1 heteroatoms. The number of unbranched alkanes of at least 4 members (excludes halogenated alkanes) is 1. The zero-order valence-electron chi connectivity index (χ0n) is 12.8. The van der Waals surface area contributed by atoms with Gasteiger partial charge in [0.25, 0.3) is 0 Å². The summed E-state index contributed by atoms with van der Waals surface area (Å²) in [4.78, 5) is 0. The third kappa shape index (κ3) is 5.30. The third-order valence-corrected chi connectivity index (χ3v) is 5.11. The van der Waals surface area contributed by atoms with Crippen LogP contribution < -0.4 is 5.73 Å². The maximum Gasteiger partial charge on any atom is -0.00204 e. The Morgan fingerprint density at radius 3 is 2.11 bits per heavy atom. The zero-order valence-corrected chi connectivity index (χ0v) is 12.8. The lowest BCUT2D eigenvalue weighted by Crippen LogP contribution is -2.33.